The maximum absolute atomic E-state index is 12.2. The molecule has 1 unspecified atom stereocenters. The van der Waals surface area contributed by atoms with Crippen LogP contribution >= 0.6 is 12.2 Å². The van der Waals surface area contributed by atoms with Gasteiger partial charge in [0.15, 0.2) is 5.11 Å². The molecule has 0 aliphatic heterocycles. The lowest BCUT2D eigenvalue weighted by molar-refractivity contribution is -0.147. The molecule has 0 amide bonds. The van der Waals surface area contributed by atoms with Crippen molar-refractivity contribution in [2.24, 2.45) is 0 Å². The lowest BCUT2D eigenvalue weighted by Gasteiger charge is -2.33. The van der Waals surface area contributed by atoms with Crippen molar-refractivity contribution in [1.29, 1.82) is 0 Å². The molecule has 4 nitrogen and oxygen atoms in total. The molecule has 5 heteroatoms. The molecular formula is C19H28N2O2S. The average molecular weight is 349 g/mol. The second-order valence-corrected chi connectivity index (χ2v) is 6.71. The molecule has 132 valence electrons. The Morgan fingerprint density at radius 1 is 1.29 bits per heavy atom. The highest BCUT2D eigenvalue weighted by Gasteiger charge is 2.26. The van der Waals surface area contributed by atoms with Gasteiger partial charge in [0.05, 0.1) is 6.61 Å². The Labute approximate surface area is 150 Å². The number of carbonyl (C=O) groups excluding carboxylic acids is 1. The van der Waals surface area contributed by atoms with Crippen LogP contribution in [-0.2, 0) is 16.1 Å². The Balaban J connectivity index is 2.08. The third-order valence-corrected chi connectivity index (χ3v) is 4.84. The molecule has 0 radical (unpaired) electrons. The van der Waals surface area contributed by atoms with Crippen LogP contribution in [0.5, 0.6) is 0 Å². The fourth-order valence-electron chi connectivity index (χ4n) is 3.06. The summed E-state index contributed by atoms with van der Waals surface area (Å²) < 4.78 is 5.19. The summed E-state index contributed by atoms with van der Waals surface area (Å²) in [6.45, 7) is 4.66. The van der Waals surface area contributed by atoms with E-state index in [1.54, 1.807) is 0 Å². The van der Waals surface area contributed by atoms with Crippen LogP contribution < -0.4 is 5.32 Å². The van der Waals surface area contributed by atoms with Crippen molar-refractivity contribution in [2.45, 2.75) is 64.6 Å². The van der Waals surface area contributed by atoms with Crippen molar-refractivity contribution >= 4 is 23.3 Å². The Hall–Kier alpha value is -1.62. The zero-order valence-corrected chi connectivity index (χ0v) is 15.5. The van der Waals surface area contributed by atoms with Crippen LogP contribution in [0.1, 0.15) is 51.5 Å². The van der Waals surface area contributed by atoms with Crippen molar-refractivity contribution in [3.8, 4) is 0 Å². The molecule has 1 saturated carbocycles. The fourth-order valence-corrected chi connectivity index (χ4v) is 3.45. The van der Waals surface area contributed by atoms with E-state index in [0.717, 1.165) is 18.4 Å². The van der Waals surface area contributed by atoms with Gasteiger partial charge in [0.1, 0.15) is 6.04 Å². The van der Waals surface area contributed by atoms with Crippen molar-refractivity contribution in [3.05, 3.63) is 35.9 Å². The molecule has 0 heterocycles. The smallest absolute Gasteiger partial charge is 0.328 e. The van der Waals surface area contributed by atoms with Gasteiger partial charge in [-0.25, -0.2) is 4.79 Å². The molecule has 24 heavy (non-hydrogen) atoms. The SMILES string of the molecule is CCOC(=O)C(C)N(Cc1ccccc1)C(=S)NC1CCCCC1. The zero-order chi connectivity index (χ0) is 17.4. The zero-order valence-electron chi connectivity index (χ0n) is 14.7. The number of esters is 1. The Bertz CT molecular complexity index is 529. The highest BCUT2D eigenvalue weighted by Crippen LogP contribution is 2.18. The molecule has 1 atom stereocenters. The fraction of sp³-hybridized carbons (Fsp3) is 0.579. The minimum absolute atomic E-state index is 0.235. The van der Waals surface area contributed by atoms with Gasteiger partial charge >= 0.3 is 5.97 Å². The normalized spacial score (nSPS) is 16.2. The number of benzene rings is 1. The molecule has 1 N–H and O–H groups in total. The van der Waals surface area contributed by atoms with Gasteiger partial charge in [0, 0.05) is 12.6 Å². The standard InChI is InChI=1S/C19H28N2O2S/c1-3-23-18(22)15(2)21(14-16-10-6-4-7-11-16)19(24)20-17-12-8-5-9-13-17/h4,6-7,10-11,15,17H,3,5,8-9,12-14H2,1-2H3,(H,20,24). The molecule has 0 spiro atoms. The molecule has 1 aliphatic rings. The van der Waals surface area contributed by atoms with E-state index in [0.29, 0.717) is 24.3 Å². The summed E-state index contributed by atoms with van der Waals surface area (Å²) in [5.41, 5.74) is 1.13. The van der Waals surface area contributed by atoms with Gasteiger partial charge in [-0.2, -0.15) is 0 Å². The summed E-state index contributed by atoms with van der Waals surface area (Å²) in [6.07, 6.45) is 6.08. The van der Waals surface area contributed by atoms with Gasteiger partial charge in [-0.3, -0.25) is 0 Å². The molecule has 0 bridgehead atoms. The molecule has 1 aliphatic carbocycles. The Morgan fingerprint density at radius 2 is 1.96 bits per heavy atom. The molecular weight excluding hydrogens is 320 g/mol. The van der Waals surface area contributed by atoms with Crippen molar-refractivity contribution in [1.82, 2.24) is 10.2 Å². The predicted octanol–water partition coefficient (Wildman–Crippen LogP) is 3.65. The molecule has 1 aromatic rings. The summed E-state index contributed by atoms with van der Waals surface area (Å²) in [5, 5.41) is 4.11. The first-order valence-corrected chi connectivity index (χ1v) is 9.30. The van der Waals surface area contributed by atoms with Crippen molar-refractivity contribution in [2.75, 3.05) is 6.61 Å². The van der Waals surface area contributed by atoms with E-state index in [2.05, 4.69) is 5.32 Å². The van der Waals surface area contributed by atoms with Crippen LogP contribution in [0, 0.1) is 0 Å². The minimum atomic E-state index is -0.409. The monoisotopic (exact) mass is 348 g/mol. The van der Waals surface area contributed by atoms with E-state index in [-0.39, 0.29) is 5.97 Å². The molecule has 2 rings (SSSR count). The summed E-state index contributed by atoms with van der Waals surface area (Å²) in [5.74, 6) is -0.235. The highest BCUT2D eigenvalue weighted by molar-refractivity contribution is 7.80. The third kappa shape index (κ3) is 5.48. The highest BCUT2D eigenvalue weighted by atomic mass is 32.1. The quantitative estimate of drug-likeness (QED) is 0.628. The first kappa shape index (κ1) is 18.7. The largest absolute Gasteiger partial charge is 0.464 e. The number of hydrogen-bond donors (Lipinski definition) is 1. The third-order valence-electron chi connectivity index (χ3n) is 4.48. The number of nitrogens with one attached hydrogen (secondary N) is 1. The van der Waals surface area contributed by atoms with Crippen LogP contribution in [-0.4, -0.2) is 34.7 Å². The van der Waals surface area contributed by atoms with E-state index < -0.39 is 6.04 Å². The average Bonchev–Trinajstić information content (AvgIpc) is 2.61. The van der Waals surface area contributed by atoms with Gasteiger partial charge in [-0.1, -0.05) is 49.6 Å². The second kappa shape index (κ2) is 9.62. The van der Waals surface area contributed by atoms with Crippen LogP contribution in [0.4, 0.5) is 0 Å². The molecule has 1 fully saturated rings. The van der Waals surface area contributed by atoms with Gasteiger partial charge in [0.25, 0.3) is 0 Å². The van der Waals surface area contributed by atoms with E-state index in [4.69, 9.17) is 17.0 Å². The Kier molecular flexibility index (Phi) is 7.50. The van der Waals surface area contributed by atoms with Crippen LogP contribution in [0.3, 0.4) is 0 Å². The Morgan fingerprint density at radius 3 is 2.58 bits per heavy atom. The van der Waals surface area contributed by atoms with Gasteiger partial charge in [-0.15, -0.1) is 0 Å². The number of carbonyl (C=O) groups is 1. The number of nitrogens with zero attached hydrogens (tertiary/aromatic N) is 1. The van der Waals surface area contributed by atoms with Crippen LogP contribution in [0.25, 0.3) is 0 Å². The molecule has 0 aromatic heterocycles. The number of ether oxygens (including phenoxy) is 1. The maximum Gasteiger partial charge on any atom is 0.328 e. The first-order valence-electron chi connectivity index (χ1n) is 8.89. The lowest BCUT2D eigenvalue weighted by atomic mass is 9.96. The second-order valence-electron chi connectivity index (χ2n) is 6.33. The van der Waals surface area contributed by atoms with E-state index in [1.165, 1.54) is 19.3 Å². The van der Waals surface area contributed by atoms with Gasteiger partial charge in [0.2, 0.25) is 0 Å². The van der Waals surface area contributed by atoms with Gasteiger partial charge < -0.3 is 15.0 Å². The summed E-state index contributed by atoms with van der Waals surface area (Å²) in [6, 6.07) is 10.1. The lowest BCUT2D eigenvalue weighted by Crippen LogP contribution is -2.51. The predicted molar refractivity (Wildman–Crippen MR) is 101 cm³/mol. The van der Waals surface area contributed by atoms with Crippen molar-refractivity contribution < 1.29 is 9.53 Å². The van der Waals surface area contributed by atoms with Crippen molar-refractivity contribution in [3.63, 3.8) is 0 Å². The minimum Gasteiger partial charge on any atom is -0.464 e. The summed E-state index contributed by atoms with van der Waals surface area (Å²) >= 11 is 5.64. The van der Waals surface area contributed by atoms with E-state index in [1.807, 2.05) is 49.1 Å². The molecule has 0 saturated heterocycles. The van der Waals surface area contributed by atoms with Crippen LogP contribution in [0.15, 0.2) is 30.3 Å². The maximum atomic E-state index is 12.2. The van der Waals surface area contributed by atoms with E-state index >= 15 is 0 Å². The van der Waals surface area contributed by atoms with E-state index in [9.17, 15) is 4.79 Å². The molecule has 1 aromatic carbocycles. The number of rotatable bonds is 6. The number of thiocarbonyl (C=S) groups is 1. The topological polar surface area (TPSA) is 41.6 Å². The summed E-state index contributed by atoms with van der Waals surface area (Å²) in [7, 11) is 0. The number of hydrogen-bond acceptors (Lipinski definition) is 3. The first-order chi connectivity index (χ1) is 11.6. The summed E-state index contributed by atoms with van der Waals surface area (Å²) in [4.78, 5) is 14.2. The van der Waals surface area contributed by atoms with Gasteiger partial charge in [-0.05, 0) is 44.5 Å². The van der Waals surface area contributed by atoms with Crippen LogP contribution in [0.2, 0.25) is 0 Å².